The van der Waals surface area contributed by atoms with Gasteiger partial charge < -0.3 is 10.4 Å². The van der Waals surface area contributed by atoms with Gasteiger partial charge in [0, 0.05) is 18.1 Å². The fourth-order valence-electron chi connectivity index (χ4n) is 2.92. The maximum absolute atomic E-state index is 10.5. The lowest BCUT2D eigenvalue weighted by Crippen LogP contribution is -2.28. The van der Waals surface area contributed by atoms with Crippen LogP contribution in [0, 0.1) is 0 Å². The molecule has 2 aromatic heterocycles. The number of hydrogen-bond donors (Lipinski definition) is 2. The number of nitrogens with one attached hydrogen (secondary N) is 1. The van der Waals surface area contributed by atoms with E-state index in [9.17, 15) is 5.11 Å². The normalized spacial score (nSPS) is 14.6. The van der Waals surface area contributed by atoms with E-state index in [-0.39, 0.29) is 12.0 Å². The molecule has 0 radical (unpaired) electrons. The van der Waals surface area contributed by atoms with Crippen LogP contribution in [0.2, 0.25) is 0 Å². The highest BCUT2D eigenvalue weighted by Gasteiger charge is 2.30. The molecule has 0 amide bonds. The van der Waals surface area contributed by atoms with E-state index in [1.165, 1.54) is 0 Å². The van der Waals surface area contributed by atoms with Gasteiger partial charge in [-0.15, -0.1) is 0 Å². The van der Waals surface area contributed by atoms with Gasteiger partial charge in [-0.1, -0.05) is 42.5 Å². The maximum Gasteiger partial charge on any atom is 0.126 e. The molecule has 1 aromatic carbocycles. The van der Waals surface area contributed by atoms with Gasteiger partial charge in [-0.2, -0.15) is 0 Å². The van der Waals surface area contributed by atoms with E-state index in [1.807, 2.05) is 54.6 Å². The lowest BCUT2D eigenvalue weighted by molar-refractivity contribution is 0.150. The summed E-state index contributed by atoms with van der Waals surface area (Å²) in [6.07, 6.45) is 2.94. The average molecular weight is 319 g/mol. The van der Waals surface area contributed by atoms with Crippen LogP contribution in [-0.4, -0.2) is 21.2 Å². The number of aromatic nitrogens is 2. The molecule has 0 saturated heterocycles. The molecule has 4 heteroatoms. The molecule has 3 aromatic rings. The first-order valence-corrected chi connectivity index (χ1v) is 8.07. The second-order valence-corrected chi connectivity index (χ2v) is 5.77. The molecule has 24 heavy (non-hydrogen) atoms. The van der Waals surface area contributed by atoms with Gasteiger partial charge in [-0.25, -0.2) is 4.98 Å². The molecule has 2 N–H and O–H groups in total. The van der Waals surface area contributed by atoms with Crippen LogP contribution in [0.25, 0.3) is 0 Å². The van der Waals surface area contributed by atoms with Gasteiger partial charge in [0.15, 0.2) is 0 Å². The largest absolute Gasteiger partial charge is 0.393 e. The minimum absolute atomic E-state index is 0.143. The first kappa shape index (κ1) is 16.1. The van der Waals surface area contributed by atoms with Crippen molar-refractivity contribution in [3.63, 3.8) is 0 Å². The van der Waals surface area contributed by atoms with Crippen molar-refractivity contribution in [1.29, 1.82) is 0 Å². The van der Waals surface area contributed by atoms with Crippen LogP contribution in [0.4, 0.5) is 5.82 Å². The van der Waals surface area contributed by atoms with Crippen LogP contribution in [0.3, 0.4) is 0 Å². The van der Waals surface area contributed by atoms with Crippen molar-refractivity contribution in [2.24, 2.45) is 0 Å². The summed E-state index contributed by atoms with van der Waals surface area (Å²) in [6, 6.07) is 21.5. The Morgan fingerprint density at radius 3 is 2.08 bits per heavy atom. The van der Waals surface area contributed by atoms with Crippen molar-refractivity contribution in [1.82, 2.24) is 9.97 Å². The molecular weight excluding hydrogens is 298 g/mol. The van der Waals surface area contributed by atoms with Crippen LogP contribution in [0.5, 0.6) is 0 Å². The van der Waals surface area contributed by atoms with E-state index in [0.29, 0.717) is 0 Å². The van der Waals surface area contributed by atoms with Crippen LogP contribution in [0.15, 0.2) is 79.1 Å². The third-order valence-electron chi connectivity index (χ3n) is 4.04. The Morgan fingerprint density at radius 1 is 0.833 bits per heavy atom. The molecule has 4 nitrogen and oxygen atoms in total. The number of anilines is 1. The topological polar surface area (TPSA) is 58.0 Å². The zero-order valence-electron chi connectivity index (χ0n) is 13.6. The Bertz CT molecular complexity index is 733. The summed E-state index contributed by atoms with van der Waals surface area (Å²) in [6.45, 7) is 1.80. The minimum Gasteiger partial charge on any atom is -0.393 e. The fraction of sp³-hybridized carbons (Fsp3) is 0.200. The fourth-order valence-corrected chi connectivity index (χ4v) is 2.92. The highest BCUT2D eigenvalue weighted by Crippen LogP contribution is 2.35. The number of aliphatic hydroxyl groups excluding tert-OH is 1. The minimum atomic E-state index is -0.568. The van der Waals surface area contributed by atoms with Crippen molar-refractivity contribution in [3.8, 4) is 0 Å². The van der Waals surface area contributed by atoms with E-state index in [0.717, 1.165) is 17.1 Å². The van der Waals surface area contributed by atoms with Crippen molar-refractivity contribution in [3.05, 3.63) is 90.4 Å². The zero-order valence-corrected chi connectivity index (χ0v) is 13.6. The summed E-state index contributed by atoms with van der Waals surface area (Å²) in [7, 11) is 0. The molecule has 0 saturated carbocycles. The summed E-state index contributed by atoms with van der Waals surface area (Å²) in [5, 5.41) is 13.9. The van der Waals surface area contributed by atoms with Gasteiger partial charge >= 0.3 is 0 Å². The number of hydrogen-bond acceptors (Lipinski definition) is 4. The Kier molecular flexibility index (Phi) is 5.18. The first-order valence-electron chi connectivity index (χ1n) is 8.07. The highest BCUT2D eigenvalue weighted by atomic mass is 16.3. The molecule has 0 spiro atoms. The standard InChI is InChI=1S/C20H21N3O/c1-15(24)19(17-11-5-7-13-21-17)20(16-9-3-2-4-10-16)23-18-12-6-8-14-22-18/h2-15,19-20,24H,1H3,(H,22,23)/t15-,19+,20-/m1/s1. The molecule has 0 fully saturated rings. The summed E-state index contributed by atoms with van der Waals surface area (Å²) in [5.74, 6) is 0.573. The van der Waals surface area contributed by atoms with Crippen molar-refractivity contribution < 1.29 is 5.11 Å². The third kappa shape index (κ3) is 3.78. The van der Waals surface area contributed by atoms with Crippen LogP contribution < -0.4 is 5.32 Å². The lowest BCUT2D eigenvalue weighted by Gasteiger charge is -2.30. The molecule has 3 rings (SSSR count). The Balaban J connectivity index is 2.02. The number of aliphatic hydroxyl groups is 1. The monoisotopic (exact) mass is 319 g/mol. The van der Waals surface area contributed by atoms with E-state index in [1.54, 1.807) is 19.3 Å². The van der Waals surface area contributed by atoms with Gasteiger partial charge in [-0.05, 0) is 36.8 Å². The predicted molar refractivity (Wildman–Crippen MR) is 95.7 cm³/mol. The van der Waals surface area contributed by atoms with E-state index < -0.39 is 6.10 Å². The maximum atomic E-state index is 10.5. The number of benzene rings is 1. The second kappa shape index (κ2) is 7.70. The summed E-state index contributed by atoms with van der Waals surface area (Å²) in [5.41, 5.74) is 1.93. The van der Waals surface area contributed by atoms with Crippen molar-refractivity contribution >= 4 is 5.82 Å². The Morgan fingerprint density at radius 2 is 1.50 bits per heavy atom. The summed E-state index contributed by atoms with van der Waals surface area (Å²) < 4.78 is 0. The smallest absolute Gasteiger partial charge is 0.126 e. The van der Waals surface area contributed by atoms with Gasteiger partial charge in [0.1, 0.15) is 5.82 Å². The summed E-state index contributed by atoms with van der Waals surface area (Å²) in [4.78, 5) is 8.83. The lowest BCUT2D eigenvalue weighted by atomic mass is 9.86. The van der Waals surface area contributed by atoms with Crippen LogP contribution in [0.1, 0.15) is 30.1 Å². The van der Waals surface area contributed by atoms with Crippen LogP contribution >= 0.6 is 0 Å². The number of nitrogens with zero attached hydrogens (tertiary/aromatic N) is 2. The molecule has 122 valence electrons. The molecule has 0 aliphatic carbocycles. The predicted octanol–water partition coefficient (Wildman–Crippen LogP) is 3.79. The summed E-state index contributed by atoms with van der Waals surface area (Å²) >= 11 is 0. The zero-order chi connectivity index (χ0) is 16.8. The van der Waals surface area contributed by atoms with E-state index >= 15 is 0 Å². The molecule has 0 aliphatic heterocycles. The first-order chi connectivity index (χ1) is 11.8. The second-order valence-electron chi connectivity index (χ2n) is 5.77. The van der Waals surface area contributed by atoms with Gasteiger partial charge in [0.2, 0.25) is 0 Å². The quantitative estimate of drug-likeness (QED) is 0.725. The van der Waals surface area contributed by atoms with E-state index in [2.05, 4.69) is 27.4 Å². The SMILES string of the molecule is C[C@@H](O)[C@@H](c1ccccn1)[C@H](Nc1ccccn1)c1ccccc1. The van der Waals surface area contributed by atoms with Gasteiger partial charge in [-0.3, -0.25) is 4.98 Å². The molecule has 2 heterocycles. The molecule has 0 bridgehead atoms. The molecular formula is C20H21N3O. The van der Waals surface area contributed by atoms with Crippen LogP contribution in [-0.2, 0) is 0 Å². The number of rotatable bonds is 6. The molecule has 0 unspecified atom stereocenters. The van der Waals surface area contributed by atoms with Gasteiger partial charge in [0.25, 0.3) is 0 Å². The Labute approximate surface area is 142 Å². The van der Waals surface area contributed by atoms with Crippen molar-refractivity contribution in [2.75, 3.05) is 5.32 Å². The average Bonchev–Trinajstić information content (AvgIpc) is 2.63. The van der Waals surface area contributed by atoms with E-state index in [4.69, 9.17) is 0 Å². The van der Waals surface area contributed by atoms with Crippen molar-refractivity contribution in [2.45, 2.75) is 25.0 Å². The third-order valence-corrected chi connectivity index (χ3v) is 4.04. The highest BCUT2D eigenvalue weighted by molar-refractivity contribution is 5.40. The molecule has 3 atom stereocenters. The number of pyridine rings is 2. The Hall–Kier alpha value is -2.72. The van der Waals surface area contributed by atoms with Gasteiger partial charge in [0.05, 0.1) is 18.1 Å². The molecule has 0 aliphatic rings.